The van der Waals surface area contributed by atoms with Crippen molar-refractivity contribution in [2.45, 2.75) is 20.3 Å². The van der Waals surface area contributed by atoms with Crippen molar-refractivity contribution in [3.8, 4) is 11.3 Å². The Morgan fingerprint density at radius 2 is 2.04 bits per heavy atom. The Bertz CT molecular complexity index is 872. The van der Waals surface area contributed by atoms with Crippen LogP contribution in [0.4, 0.5) is 11.6 Å². The van der Waals surface area contributed by atoms with Crippen molar-refractivity contribution in [3.63, 3.8) is 0 Å². The van der Waals surface area contributed by atoms with Crippen molar-refractivity contribution in [1.82, 2.24) is 19.8 Å². The molecular weight excluding hydrogens is 304 g/mol. The average molecular weight is 324 g/mol. The number of nitrogens with one attached hydrogen (secondary N) is 1. The molecule has 2 aromatic heterocycles. The van der Waals surface area contributed by atoms with Crippen LogP contribution in [0, 0.1) is 0 Å². The summed E-state index contributed by atoms with van der Waals surface area (Å²) in [4.78, 5) is 13.9. The topological polar surface area (TPSA) is 75.4 Å². The summed E-state index contributed by atoms with van der Waals surface area (Å²) >= 11 is 0. The zero-order valence-corrected chi connectivity index (χ0v) is 14.0. The van der Waals surface area contributed by atoms with E-state index in [2.05, 4.69) is 20.6 Å². The molecule has 0 atom stereocenters. The fourth-order valence-corrected chi connectivity index (χ4v) is 2.63. The van der Waals surface area contributed by atoms with Crippen molar-refractivity contribution < 1.29 is 4.79 Å². The second-order valence-electron chi connectivity index (χ2n) is 5.30. The lowest BCUT2D eigenvalue weighted by atomic mass is 10.1. The zero-order chi connectivity index (χ0) is 17.1. The van der Waals surface area contributed by atoms with E-state index in [0.29, 0.717) is 24.6 Å². The molecule has 0 unspecified atom stereocenters. The summed E-state index contributed by atoms with van der Waals surface area (Å²) in [5.41, 5.74) is 3.28. The third-order valence-corrected chi connectivity index (χ3v) is 3.86. The van der Waals surface area contributed by atoms with Crippen LogP contribution in [0.2, 0.25) is 0 Å². The number of amides is 1. The van der Waals surface area contributed by atoms with Gasteiger partial charge in [0.05, 0.1) is 5.69 Å². The highest BCUT2D eigenvalue weighted by atomic mass is 16.2. The van der Waals surface area contributed by atoms with E-state index in [1.54, 1.807) is 16.5 Å². The Kier molecular flexibility index (Phi) is 4.41. The van der Waals surface area contributed by atoms with E-state index in [9.17, 15) is 4.79 Å². The molecule has 0 fully saturated rings. The maximum absolute atomic E-state index is 12.1. The summed E-state index contributed by atoms with van der Waals surface area (Å²) in [5.74, 6) is 0.689. The molecule has 1 N–H and O–H groups in total. The first kappa shape index (κ1) is 15.9. The summed E-state index contributed by atoms with van der Waals surface area (Å²) in [6.07, 6.45) is 0.481. The molecule has 0 spiro atoms. The number of benzene rings is 1. The van der Waals surface area contributed by atoms with Crippen LogP contribution in [0.3, 0.4) is 0 Å². The van der Waals surface area contributed by atoms with Crippen molar-refractivity contribution in [3.05, 3.63) is 36.4 Å². The molecule has 3 rings (SSSR count). The van der Waals surface area contributed by atoms with E-state index in [4.69, 9.17) is 0 Å². The smallest absolute Gasteiger partial charge is 0.245 e. The summed E-state index contributed by atoms with van der Waals surface area (Å²) in [7, 11) is 1.78. The van der Waals surface area contributed by atoms with E-state index in [0.717, 1.165) is 16.9 Å². The van der Waals surface area contributed by atoms with Crippen LogP contribution in [0.25, 0.3) is 16.9 Å². The predicted molar refractivity (Wildman–Crippen MR) is 94.1 cm³/mol. The minimum atomic E-state index is 0.106. The maximum Gasteiger partial charge on any atom is 0.245 e. The first-order chi connectivity index (χ1) is 11.7. The summed E-state index contributed by atoms with van der Waals surface area (Å²) < 4.78 is 1.66. The lowest BCUT2D eigenvalue weighted by Crippen LogP contribution is -2.29. The number of anilines is 2. The maximum atomic E-state index is 12.1. The van der Waals surface area contributed by atoms with Gasteiger partial charge in [-0.15, -0.1) is 10.2 Å². The highest BCUT2D eigenvalue weighted by Gasteiger charge is 2.13. The molecule has 3 aromatic rings. The Morgan fingerprint density at radius 1 is 1.21 bits per heavy atom. The van der Waals surface area contributed by atoms with Gasteiger partial charge in [-0.25, -0.2) is 0 Å². The number of hydrogen-bond donors (Lipinski definition) is 1. The molecule has 0 saturated heterocycles. The van der Waals surface area contributed by atoms with Crippen LogP contribution in [-0.4, -0.2) is 39.3 Å². The Labute approximate surface area is 140 Å². The van der Waals surface area contributed by atoms with Gasteiger partial charge in [-0.2, -0.15) is 9.61 Å². The SMILES string of the molecule is CCC(=O)N(CC)c1cccc(-c2ccc3nnc(NC)n3n2)c1. The number of aromatic nitrogens is 4. The normalized spacial score (nSPS) is 10.8. The molecular formula is C17H20N6O. The molecule has 1 amide bonds. The second kappa shape index (κ2) is 6.66. The molecule has 0 bridgehead atoms. The van der Waals surface area contributed by atoms with Gasteiger partial charge < -0.3 is 10.2 Å². The van der Waals surface area contributed by atoms with Gasteiger partial charge in [0.15, 0.2) is 5.65 Å². The van der Waals surface area contributed by atoms with Crippen molar-refractivity contribution in [1.29, 1.82) is 0 Å². The minimum absolute atomic E-state index is 0.106. The highest BCUT2D eigenvalue weighted by molar-refractivity contribution is 5.93. The molecule has 0 aliphatic rings. The monoisotopic (exact) mass is 324 g/mol. The first-order valence-corrected chi connectivity index (χ1v) is 7.99. The van der Waals surface area contributed by atoms with Crippen LogP contribution in [0.15, 0.2) is 36.4 Å². The number of rotatable bonds is 5. The van der Waals surface area contributed by atoms with Gasteiger partial charge in [-0.05, 0) is 31.2 Å². The minimum Gasteiger partial charge on any atom is -0.356 e. The van der Waals surface area contributed by atoms with Crippen LogP contribution in [-0.2, 0) is 4.79 Å². The van der Waals surface area contributed by atoms with E-state index in [1.165, 1.54) is 0 Å². The van der Waals surface area contributed by atoms with E-state index in [1.807, 2.05) is 50.2 Å². The lowest BCUT2D eigenvalue weighted by Gasteiger charge is -2.21. The Hall–Kier alpha value is -2.96. The van der Waals surface area contributed by atoms with Crippen molar-refractivity contribution >= 4 is 23.2 Å². The summed E-state index contributed by atoms with van der Waals surface area (Å²) in [6.45, 7) is 4.48. The fourth-order valence-electron chi connectivity index (χ4n) is 2.63. The van der Waals surface area contributed by atoms with Crippen LogP contribution in [0.1, 0.15) is 20.3 Å². The van der Waals surface area contributed by atoms with Crippen LogP contribution >= 0.6 is 0 Å². The predicted octanol–water partition coefficient (Wildman–Crippen LogP) is 2.60. The number of hydrogen-bond acceptors (Lipinski definition) is 5. The molecule has 0 radical (unpaired) electrons. The summed E-state index contributed by atoms with van der Waals surface area (Å²) in [6, 6.07) is 11.6. The molecule has 0 aliphatic carbocycles. The van der Waals surface area contributed by atoms with Gasteiger partial charge >= 0.3 is 0 Å². The van der Waals surface area contributed by atoms with Crippen LogP contribution in [0.5, 0.6) is 0 Å². The molecule has 24 heavy (non-hydrogen) atoms. The highest BCUT2D eigenvalue weighted by Crippen LogP contribution is 2.24. The summed E-state index contributed by atoms with van der Waals surface area (Å²) in [5, 5.41) is 15.6. The van der Waals surface area contributed by atoms with Gasteiger partial charge in [0.1, 0.15) is 0 Å². The lowest BCUT2D eigenvalue weighted by molar-refractivity contribution is -0.118. The molecule has 124 valence electrons. The molecule has 0 saturated carbocycles. The molecule has 0 aliphatic heterocycles. The third kappa shape index (κ3) is 2.80. The van der Waals surface area contributed by atoms with Gasteiger partial charge in [0.25, 0.3) is 0 Å². The van der Waals surface area contributed by atoms with E-state index >= 15 is 0 Å². The average Bonchev–Trinajstić information content (AvgIpc) is 3.04. The van der Waals surface area contributed by atoms with E-state index in [-0.39, 0.29) is 5.91 Å². The Morgan fingerprint density at radius 3 is 2.75 bits per heavy atom. The van der Waals surface area contributed by atoms with Crippen LogP contribution < -0.4 is 10.2 Å². The van der Waals surface area contributed by atoms with Gasteiger partial charge in [0.2, 0.25) is 11.9 Å². The molecule has 1 aromatic carbocycles. The first-order valence-electron chi connectivity index (χ1n) is 7.99. The zero-order valence-electron chi connectivity index (χ0n) is 14.0. The standard InChI is InChI=1S/C17H20N6O/c1-4-16(24)22(5-2)13-8-6-7-12(11-13)14-9-10-15-19-20-17(18-3)23(15)21-14/h6-11H,4-5H2,1-3H3,(H,18,20). The van der Waals surface area contributed by atoms with E-state index < -0.39 is 0 Å². The van der Waals surface area contributed by atoms with Gasteiger partial charge in [0, 0.05) is 31.3 Å². The number of fused-ring (bicyclic) bond motifs is 1. The number of carbonyl (C=O) groups is 1. The number of carbonyl (C=O) groups excluding carboxylic acids is 1. The molecule has 2 heterocycles. The third-order valence-electron chi connectivity index (χ3n) is 3.86. The van der Waals surface area contributed by atoms with Crippen molar-refractivity contribution in [2.24, 2.45) is 0 Å². The fraction of sp³-hybridized carbons (Fsp3) is 0.294. The van der Waals surface area contributed by atoms with Gasteiger partial charge in [-0.1, -0.05) is 19.1 Å². The largest absolute Gasteiger partial charge is 0.356 e. The molecule has 7 nitrogen and oxygen atoms in total. The van der Waals surface area contributed by atoms with Gasteiger partial charge in [-0.3, -0.25) is 4.79 Å². The molecule has 7 heteroatoms. The quantitative estimate of drug-likeness (QED) is 0.781. The number of nitrogens with zero attached hydrogens (tertiary/aromatic N) is 5. The van der Waals surface area contributed by atoms with Crippen molar-refractivity contribution in [2.75, 3.05) is 23.8 Å². The Balaban J connectivity index is 2.03. The second-order valence-corrected chi connectivity index (χ2v) is 5.30.